The van der Waals surface area contributed by atoms with Crippen molar-refractivity contribution < 1.29 is 9.53 Å². The molecule has 29 heavy (non-hydrogen) atoms. The maximum absolute atomic E-state index is 13.1. The van der Waals surface area contributed by atoms with Gasteiger partial charge in [-0.05, 0) is 75.2 Å². The number of aromatic nitrogens is 1. The fourth-order valence-electron chi connectivity index (χ4n) is 3.65. The molecule has 3 aromatic rings. The summed E-state index contributed by atoms with van der Waals surface area (Å²) in [4.78, 5) is 19.4. The van der Waals surface area contributed by atoms with Crippen LogP contribution in [0.25, 0.3) is 0 Å². The minimum Gasteiger partial charge on any atom is -0.491 e. The third-order valence-corrected chi connectivity index (χ3v) is 4.93. The number of nitrogens with zero attached hydrogens (tertiary/aromatic N) is 2. The number of fused-ring (bicyclic) bond motifs is 1. The molecule has 0 bridgehead atoms. The van der Waals surface area contributed by atoms with Crippen LogP contribution >= 0.6 is 0 Å². The largest absolute Gasteiger partial charge is 0.491 e. The Morgan fingerprint density at radius 3 is 2.55 bits per heavy atom. The standard InChI is InChI=1S/C24H25N3O2/c1-16(2)29-21-11-9-20(10-12-21)26-23-13-8-19(15-25-23)24(28)27-17(3)14-18-6-4-5-7-22(18)27/h4-13,15-17H,14H2,1-3H3,(H,25,26). The molecule has 0 fully saturated rings. The number of pyridine rings is 1. The van der Waals surface area contributed by atoms with Gasteiger partial charge in [-0.1, -0.05) is 18.2 Å². The zero-order valence-electron chi connectivity index (χ0n) is 16.9. The van der Waals surface area contributed by atoms with E-state index in [1.807, 2.05) is 73.3 Å². The Hall–Kier alpha value is -3.34. The number of nitrogens with one attached hydrogen (secondary N) is 1. The zero-order valence-corrected chi connectivity index (χ0v) is 16.9. The van der Waals surface area contributed by atoms with E-state index in [-0.39, 0.29) is 18.1 Å². The maximum Gasteiger partial charge on any atom is 0.260 e. The highest BCUT2D eigenvalue weighted by atomic mass is 16.5. The van der Waals surface area contributed by atoms with Gasteiger partial charge in [0.2, 0.25) is 0 Å². The maximum atomic E-state index is 13.1. The Labute approximate surface area is 171 Å². The van der Waals surface area contributed by atoms with Crippen LogP contribution in [0, 0.1) is 0 Å². The molecule has 0 radical (unpaired) electrons. The number of anilines is 3. The second-order valence-corrected chi connectivity index (χ2v) is 7.61. The summed E-state index contributed by atoms with van der Waals surface area (Å²) in [7, 11) is 0. The summed E-state index contributed by atoms with van der Waals surface area (Å²) in [5, 5.41) is 3.25. The summed E-state index contributed by atoms with van der Waals surface area (Å²) >= 11 is 0. The normalized spacial score (nSPS) is 15.3. The first-order valence-corrected chi connectivity index (χ1v) is 9.92. The van der Waals surface area contributed by atoms with Crippen LogP contribution in [-0.4, -0.2) is 23.0 Å². The minimum atomic E-state index is -0.0170. The van der Waals surface area contributed by atoms with Gasteiger partial charge < -0.3 is 15.0 Å². The monoisotopic (exact) mass is 387 g/mol. The van der Waals surface area contributed by atoms with E-state index >= 15 is 0 Å². The lowest BCUT2D eigenvalue weighted by Crippen LogP contribution is -2.35. The highest BCUT2D eigenvalue weighted by Gasteiger charge is 2.31. The topological polar surface area (TPSA) is 54.5 Å². The first kappa shape index (κ1) is 19.0. The van der Waals surface area contributed by atoms with Crippen molar-refractivity contribution in [3.05, 3.63) is 78.0 Å². The average Bonchev–Trinajstić information content (AvgIpc) is 3.05. The third-order valence-electron chi connectivity index (χ3n) is 4.93. The quantitative estimate of drug-likeness (QED) is 0.653. The van der Waals surface area contributed by atoms with E-state index in [0.717, 1.165) is 23.5 Å². The van der Waals surface area contributed by atoms with E-state index in [1.165, 1.54) is 5.56 Å². The first-order valence-electron chi connectivity index (χ1n) is 9.92. The molecule has 4 rings (SSSR count). The van der Waals surface area contributed by atoms with Crippen molar-refractivity contribution in [2.24, 2.45) is 0 Å². The molecule has 1 N–H and O–H groups in total. The first-order chi connectivity index (χ1) is 14.0. The van der Waals surface area contributed by atoms with Gasteiger partial charge in [-0.25, -0.2) is 4.98 Å². The Bertz CT molecular complexity index is 997. The molecule has 1 unspecified atom stereocenters. The smallest absolute Gasteiger partial charge is 0.260 e. The van der Waals surface area contributed by atoms with Crippen LogP contribution in [0.5, 0.6) is 5.75 Å². The molecule has 0 saturated carbocycles. The van der Waals surface area contributed by atoms with Gasteiger partial charge in [0.1, 0.15) is 11.6 Å². The van der Waals surface area contributed by atoms with Gasteiger partial charge in [0.05, 0.1) is 11.7 Å². The summed E-state index contributed by atoms with van der Waals surface area (Å²) in [5.74, 6) is 1.50. The number of para-hydroxylation sites is 1. The number of carbonyl (C=O) groups excluding carboxylic acids is 1. The number of ether oxygens (including phenoxy) is 1. The van der Waals surface area contributed by atoms with Crippen molar-refractivity contribution in [1.29, 1.82) is 0 Å². The van der Waals surface area contributed by atoms with E-state index in [0.29, 0.717) is 11.4 Å². The zero-order chi connectivity index (χ0) is 20.4. The number of carbonyl (C=O) groups is 1. The molecule has 0 aliphatic carbocycles. The lowest BCUT2D eigenvalue weighted by molar-refractivity contribution is 0.0981. The molecule has 2 heterocycles. The van der Waals surface area contributed by atoms with Crippen LogP contribution in [0.2, 0.25) is 0 Å². The molecule has 5 heteroatoms. The van der Waals surface area contributed by atoms with E-state index in [1.54, 1.807) is 6.20 Å². The van der Waals surface area contributed by atoms with Gasteiger partial charge in [-0.15, -0.1) is 0 Å². The third kappa shape index (κ3) is 4.09. The van der Waals surface area contributed by atoms with Gasteiger partial charge in [0.25, 0.3) is 5.91 Å². The Morgan fingerprint density at radius 1 is 1.10 bits per heavy atom. The van der Waals surface area contributed by atoms with Gasteiger partial charge in [0.15, 0.2) is 0 Å². The van der Waals surface area contributed by atoms with Crippen LogP contribution in [0.4, 0.5) is 17.2 Å². The highest BCUT2D eigenvalue weighted by molar-refractivity contribution is 6.07. The number of hydrogen-bond acceptors (Lipinski definition) is 4. The molecule has 1 aliphatic heterocycles. The summed E-state index contributed by atoms with van der Waals surface area (Å²) in [6, 6.07) is 19.6. The predicted octanol–water partition coefficient (Wildman–Crippen LogP) is 5.20. The van der Waals surface area contributed by atoms with E-state index < -0.39 is 0 Å². The molecule has 2 aromatic carbocycles. The number of rotatable bonds is 5. The molecule has 5 nitrogen and oxygen atoms in total. The Morgan fingerprint density at radius 2 is 1.86 bits per heavy atom. The summed E-state index contributed by atoms with van der Waals surface area (Å²) in [5.41, 5.74) is 3.70. The van der Waals surface area contributed by atoms with Crippen molar-refractivity contribution in [1.82, 2.24) is 4.98 Å². The molecule has 0 saturated heterocycles. The van der Waals surface area contributed by atoms with Crippen LogP contribution in [0.1, 0.15) is 36.7 Å². The fourth-order valence-corrected chi connectivity index (χ4v) is 3.65. The molecular formula is C24H25N3O2. The van der Waals surface area contributed by atoms with Gasteiger partial charge in [-0.2, -0.15) is 0 Å². The van der Waals surface area contributed by atoms with Crippen molar-refractivity contribution in [3.63, 3.8) is 0 Å². The number of hydrogen-bond donors (Lipinski definition) is 1. The average molecular weight is 387 g/mol. The molecule has 148 valence electrons. The molecule has 0 spiro atoms. The van der Waals surface area contributed by atoms with Gasteiger partial charge in [-0.3, -0.25) is 4.79 Å². The lowest BCUT2D eigenvalue weighted by atomic mass is 10.1. The molecular weight excluding hydrogens is 362 g/mol. The van der Waals surface area contributed by atoms with Crippen LogP contribution in [-0.2, 0) is 6.42 Å². The molecule has 1 amide bonds. The fraction of sp³-hybridized carbons (Fsp3) is 0.250. The van der Waals surface area contributed by atoms with Gasteiger partial charge in [0, 0.05) is 23.6 Å². The number of amides is 1. The molecule has 1 aromatic heterocycles. The predicted molar refractivity (Wildman–Crippen MR) is 116 cm³/mol. The summed E-state index contributed by atoms with van der Waals surface area (Å²) in [6.07, 6.45) is 2.66. The summed E-state index contributed by atoms with van der Waals surface area (Å²) < 4.78 is 5.66. The lowest BCUT2D eigenvalue weighted by Gasteiger charge is -2.22. The molecule has 1 aliphatic rings. The van der Waals surface area contributed by atoms with Crippen LogP contribution in [0.15, 0.2) is 66.9 Å². The van der Waals surface area contributed by atoms with E-state index in [4.69, 9.17) is 4.74 Å². The van der Waals surface area contributed by atoms with Gasteiger partial charge >= 0.3 is 0 Å². The van der Waals surface area contributed by atoms with Crippen molar-refractivity contribution in [2.45, 2.75) is 39.3 Å². The Kier molecular flexibility index (Phi) is 5.21. The number of benzene rings is 2. The van der Waals surface area contributed by atoms with E-state index in [9.17, 15) is 4.79 Å². The highest BCUT2D eigenvalue weighted by Crippen LogP contribution is 2.33. The minimum absolute atomic E-state index is 0.0170. The SMILES string of the molecule is CC(C)Oc1ccc(Nc2ccc(C(=O)N3c4ccccc4CC3C)cn2)cc1. The van der Waals surface area contributed by atoms with Crippen LogP contribution < -0.4 is 15.0 Å². The second-order valence-electron chi connectivity index (χ2n) is 7.61. The van der Waals surface area contributed by atoms with Crippen molar-refractivity contribution >= 4 is 23.1 Å². The summed E-state index contributed by atoms with van der Waals surface area (Å²) in [6.45, 7) is 6.08. The van der Waals surface area contributed by atoms with Crippen molar-refractivity contribution in [3.8, 4) is 5.75 Å². The second kappa shape index (κ2) is 7.95. The van der Waals surface area contributed by atoms with Crippen LogP contribution in [0.3, 0.4) is 0 Å². The van der Waals surface area contributed by atoms with Crippen molar-refractivity contribution in [2.75, 3.05) is 10.2 Å². The Balaban J connectivity index is 1.46. The molecule has 1 atom stereocenters. The van der Waals surface area contributed by atoms with E-state index in [2.05, 4.69) is 23.3 Å².